The summed E-state index contributed by atoms with van der Waals surface area (Å²) >= 11 is 0. The molecule has 100 valence electrons. The van der Waals surface area contributed by atoms with Crippen molar-refractivity contribution in [3.05, 3.63) is 53.6 Å². The summed E-state index contributed by atoms with van der Waals surface area (Å²) in [4.78, 5) is 1.48. The van der Waals surface area contributed by atoms with E-state index in [9.17, 15) is 5.11 Å². The highest BCUT2D eigenvalue weighted by Gasteiger charge is 2.12. The zero-order chi connectivity index (χ0) is 14.1. The van der Waals surface area contributed by atoms with Crippen LogP contribution < -0.4 is 0 Å². The van der Waals surface area contributed by atoms with Crippen molar-refractivity contribution >= 4 is 17.1 Å². The van der Waals surface area contributed by atoms with Gasteiger partial charge in [-0.2, -0.15) is 0 Å². The van der Waals surface area contributed by atoms with Crippen LogP contribution in [0.25, 0.3) is 22.8 Å². The number of aryl methyl sites for hydroxylation is 1. The fourth-order valence-corrected chi connectivity index (χ4v) is 2.20. The number of phenolic OH excluding ortho intramolecular Hbond substituents is 1. The van der Waals surface area contributed by atoms with Crippen LogP contribution in [0, 0.1) is 6.92 Å². The summed E-state index contributed by atoms with van der Waals surface area (Å²) in [7, 11) is 0. The van der Waals surface area contributed by atoms with Gasteiger partial charge in [-0.05, 0) is 37.6 Å². The molecule has 4 heteroatoms. The third-order valence-electron chi connectivity index (χ3n) is 3.25. The highest BCUT2D eigenvalue weighted by molar-refractivity contribution is 5.74. The number of fused-ring (bicyclic) bond motifs is 1. The van der Waals surface area contributed by atoms with Gasteiger partial charge in [0.15, 0.2) is 5.75 Å². The Morgan fingerprint density at radius 1 is 1.05 bits per heavy atom. The van der Waals surface area contributed by atoms with Crippen LogP contribution in [0.15, 0.2) is 42.5 Å². The van der Waals surface area contributed by atoms with E-state index in [1.807, 2.05) is 62.4 Å². The zero-order valence-corrected chi connectivity index (χ0v) is 11.4. The second-order valence-electron chi connectivity index (χ2n) is 4.64. The molecule has 0 aliphatic heterocycles. The van der Waals surface area contributed by atoms with Crippen LogP contribution in [-0.2, 0) is 0 Å². The molecule has 20 heavy (non-hydrogen) atoms. The Hall–Kier alpha value is -2.62. The van der Waals surface area contributed by atoms with Crippen LogP contribution in [0.2, 0.25) is 0 Å². The molecule has 0 radical (unpaired) electrons. The number of phenols is 1. The molecule has 0 fully saturated rings. The van der Waals surface area contributed by atoms with E-state index < -0.39 is 0 Å². The molecule has 0 spiro atoms. The Bertz CT molecular complexity index is 770. The maximum atomic E-state index is 10.4. The largest absolute Gasteiger partial charge is 0.505 e. The molecule has 0 bridgehead atoms. The highest BCUT2D eigenvalue weighted by atomic mass is 16.3. The lowest BCUT2D eigenvalue weighted by atomic mass is 10.1. The molecule has 0 saturated heterocycles. The molecule has 0 aliphatic carbocycles. The Kier molecular flexibility index (Phi) is 2.99. The van der Waals surface area contributed by atoms with Gasteiger partial charge < -0.3 is 5.11 Å². The Labute approximate surface area is 117 Å². The van der Waals surface area contributed by atoms with E-state index >= 15 is 0 Å². The molecular formula is C16H15N3O. The molecule has 4 nitrogen and oxygen atoms in total. The second kappa shape index (κ2) is 4.81. The molecule has 3 rings (SSSR count). The van der Waals surface area contributed by atoms with Crippen molar-refractivity contribution in [3.8, 4) is 11.4 Å². The monoisotopic (exact) mass is 265 g/mol. The molecule has 1 heterocycles. The van der Waals surface area contributed by atoms with Crippen molar-refractivity contribution in [2.75, 3.05) is 0 Å². The number of aromatic hydroxyl groups is 1. The fraction of sp³-hybridized carbons (Fsp3) is 0.125. The first-order valence-electron chi connectivity index (χ1n) is 6.48. The maximum Gasteiger partial charge on any atom is 0.150 e. The minimum absolute atomic E-state index is 0.198. The highest BCUT2D eigenvalue weighted by Crippen LogP contribution is 2.29. The van der Waals surface area contributed by atoms with Gasteiger partial charge in [0.1, 0.15) is 16.7 Å². The summed E-state index contributed by atoms with van der Waals surface area (Å²) in [6.45, 7) is 3.89. The molecule has 0 amide bonds. The first kappa shape index (κ1) is 12.4. The Balaban J connectivity index is 2.21. The van der Waals surface area contributed by atoms with E-state index in [1.165, 1.54) is 4.80 Å². The molecular weight excluding hydrogens is 250 g/mol. The summed E-state index contributed by atoms with van der Waals surface area (Å²) in [5.74, 6) is 0.198. The van der Waals surface area contributed by atoms with Gasteiger partial charge in [0, 0.05) is 5.56 Å². The normalized spacial score (nSPS) is 11.5. The SMILES string of the molecule is CC=Cc1c(C)ccc(-n2nc3ccccc3n2)c1O. The van der Waals surface area contributed by atoms with Gasteiger partial charge in [-0.1, -0.05) is 30.4 Å². The fourth-order valence-electron chi connectivity index (χ4n) is 2.20. The molecule has 2 aromatic carbocycles. The Morgan fingerprint density at radius 2 is 1.70 bits per heavy atom. The van der Waals surface area contributed by atoms with Crippen LogP contribution >= 0.6 is 0 Å². The molecule has 1 N–H and O–H groups in total. The van der Waals surface area contributed by atoms with E-state index in [-0.39, 0.29) is 5.75 Å². The van der Waals surface area contributed by atoms with Gasteiger partial charge in [0.2, 0.25) is 0 Å². The maximum absolute atomic E-state index is 10.4. The number of nitrogens with zero attached hydrogens (tertiary/aromatic N) is 3. The Morgan fingerprint density at radius 3 is 2.30 bits per heavy atom. The first-order chi connectivity index (χ1) is 9.70. The summed E-state index contributed by atoms with van der Waals surface area (Å²) in [5, 5.41) is 19.2. The lowest BCUT2D eigenvalue weighted by Crippen LogP contribution is -2.00. The van der Waals surface area contributed by atoms with Crippen molar-refractivity contribution < 1.29 is 5.11 Å². The average molecular weight is 265 g/mol. The zero-order valence-electron chi connectivity index (χ0n) is 11.4. The number of hydrogen-bond acceptors (Lipinski definition) is 3. The van der Waals surface area contributed by atoms with E-state index in [4.69, 9.17) is 0 Å². The van der Waals surface area contributed by atoms with Gasteiger partial charge in [-0.25, -0.2) is 0 Å². The van der Waals surface area contributed by atoms with Gasteiger partial charge in [0.25, 0.3) is 0 Å². The predicted molar refractivity (Wildman–Crippen MR) is 80.0 cm³/mol. The van der Waals surface area contributed by atoms with Gasteiger partial charge in [0.05, 0.1) is 0 Å². The minimum atomic E-state index is 0.198. The lowest BCUT2D eigenvalue weighted by molar-refractivity contribution is 0.466. The van der Waals surface area contributed by atoms with Crippen molar-refractivity contribution in [3.63, 3.8) is 0 Å². The summed E-state index contributed by atoms with van der Waals surface area (Å²) < 4.78 is 0. The van der Waals surface area contributed by atoms with Gasteiger partial charge in [-0.15, -0.1) is 15.0 Å². The average Bonchev–Trinajstić information content (AvgIpc) is 2.87. The number of allylic oxidation sites excluding steroid dienone is 1. The smallest absolute Gasteiger partial charge is 0.150 e. The molecule has 0 atom stereocenters. The third kappa shape index (κ3) is 1.95. The predicted octanol–water partition coefficient (Wildman–Crippen LogP) is 3.47. The quantitative estimate of drug-likeness (QED) is 0.772. The van der Waals surface area contributed by atoms with Crippen LogP contribution in [0.3, 0.4) is 0 Å². The van der Waals surface area contributed by atoms with E-state index in [2.05, 4.69) is 10.2 Å². The lowest BCUT2D eigenvalue weighted by Gasteiger charge is -2.08. The van der Waals surface area contributed by atoms with E-state index in [1.54, 1.807) is 0 Å². The minimum Gasteiger partial charge on any atom is -0.505 e. The number of rotatable bonds is 2. The second-order valence-corrected chi connectivity index (χ2v) is 4.64. The molecule has 0 saturated carbocycles. The van der Waals surface area contributed by atoms with Crippen molar-refractivity contribution in [2.45, 2.75) is 13.8 Å². The van der Waals surface area contributed by atoms with E-state index in [0.29, 0.717) is 5.69 Å². The van der Waals surface area contributed by atoms with Gasteiger partial charge >= 0.3 is 0 Å². The van der Waals surface area contributed by atoms with Crippen molar-refractivity contribution in [2.24, 2.45) is 0 Å². The van der Waals surface area contributed by atoms with Crippen LogP contribution in [0.4, 0.5) is 0 Å². The van der Waals surface area contributed by atoms with Crippen LogP contribution in [0.1, 0.15) is 18.1 Å². The first-order valence-corrected chi connectivity index (χ1v) is 6.48. The number of hydrogen-bond donors (Lipinski definition) is 1. The summed E-state index contributed by atoms with van der Waals surface area (Å²) in [6.07, 6.45) is 3.79. The van der Waals surface area contributed by atoms with Gasteiger partial charge in [-0.3, -0.25) is 0 Å². The molecule has 0 aliphatic rings. The standard InChI is InChI=1S/C16H15N3O/c1-3-6-12-11(2)9-10-15(16(12)20)19-17-13-7-4-5-8-14(13)18-19/h3-10,20H,1-2H3. The molecule has 1 aromatic heterocycles. The van der Waals surface area contributed by atoms with E-state index in [0.717, 1.165) is 22.2 Å². The number of benzene rings is 2. The summed E-state index contributed by atoms with van der Waals surface area (Å²) in [5.41, 5.74) is 4.01. The number of aromatic nitrogens is 3. The van der Waals surface area contributed by atoms with Crippen molar-refractivity contribution in [1.82, 2.24) is 15.0 Å². The van der Waals surface area contributed by atoms with Crippen LogP contribution in [-0.4, -0.2) is 20.1 Å². The van der Waals surface area contributed by atoms with Crippen LogP contribution in [0.5, 0.6) is 5.75 Å². The topological polar surface area (TPSA) is 50.9 Å². The molecule has 0 unspecified atom stereocenters. The third-order valence-corrected chi connectivity index (χ3v) is 3.25. The molecule has 3 aromatic rings. The summed E-state index contributed by atoms with van der Waals surface area (Å²) in [6, 6.07) is 11.4. The van der Waals surface area contributed by atoms with Crippen molar-refractivity contribution in [1.29, 1.82) is 0 Å².